The van der Waals surface area contributed by atoms with Crippen molar-refractivity contribution in [3.05, 3.63) is 71.6 Å². The zero-order valence-electron chi connectivity index (χ0n) is 17.3. The first-order valence-corrected chi connectivity index (χ1v) is 9.79. The molecular weight excluding hydrogens is 376 g/mol. The molecule has 154 valence electrons. The van der Waals surface area contributed by atoms with E-state index in [0.717, 1.165) is 30.0 Å². The summed E-state index contributed by atoms with van der Waals surface area (Å²) in [6, 6.07) is 16.0. The maximum absolute atomic E-state index is 5.60. The average molecular weight is 402 g/mol. The number of aliphatic imine (C=N–C) groups is 1. The van der Waals surface area contributed by atoms with E-state index in [2.05, 4.69) is 33.5 Å². The van der Waals surface area contributed by atoms with Crippen LogP contribution in [0.25, 0.3) is 11.5 Å². The van der Waals surface area contributed by atoms with Gasteiger partial charge >= 0.3 is 0 Å². The van der Waals surface area contributed by atoms with E-state index in [1.54, 1.807) is 13.3 Å². The molecule has 1 aromatic heterocycles. The summed E-state index contributed by atoms with van der Waals surface area (Å²) in [6.07, 6.45) is 7.72. The first-order chi connectivity index (χ1) is 14.7. The van der Waals surface area contributed by atoms with Crippen LogP contribution in [0.5, 0.6) is 5.75 Å². The molecule has 6 heteroatoms. The molecule has 2 N–H and O–H groups in total. The number of benzene rings is 2. The monoisotopic (exact) mass is 402 g/mol. The van der Waals surface area contributed by atoms with Gasteiger partial charge in [-0.15, -0.1) is 6.42 Å². The Kier molecular flexibility index (Phi) is 7.51. The maximum Gasteiger partial charge on any atom is 0.226 e. The van der Waals surface area contributed by atoms with Crippen molar-refractivity contribution in [1.29, 1.82) is 0 Å². The number of nitrogens with zero attached hydrogens (tertiary/aromatic N) is 2. The minimum absolute atomic E-state index is 0.279. The minimum Gasteiger partial charge on any atom is -0.481 e. The van der Waals surface area contributed by atoms with Gasteiger partial charge in [0, 0.05) is 19.2 Å². The Hall–Kier alpha value is -3.72. The summed E-state index contributed by atoms with van der Waals surface area (Å²) in [6.45, 7) is 3.60. The lowest BCUT2D eigenvalue weighted by atomic mass is 10.1. The quantitative estimate of drug-likeness (QED) is 0.342. The van der Waals surface area contributed by atoms with Gasteiger partial charge in [0.15, 0.2) is 5.96 Å². The second kappa shape index (κ2) is 10.7. The van der Waals surface area contributed by atoms with Crippen LogP contribution in [0.4, 0.5) is 0 Å². The van der Waals surface area contributed by atoms with Gasteiger partial charge in [0.2, 0.25) is 5.89 Å². The van der Waals surface area contributed by atoms with Crippen molar-refractivity contribution in [2.24, 2.45) is 4.99 Å². The lowest BCUT2D eigenvalue weighted by Gasteiger charge is -2.11. The second-order valence-corrected chi connectivity index (χ2v) is 6.75. The van der Waals surface area contributed by atoms with Gasteiger partial charge in [-0.3, -0.25) is 4.99 Å². The molecular formula is C24H26N4O2. The topological polar surface area (TPSA) is 71.7 Å². The zero-order valence-corrected chi connectivity index (χ0v) is 17.3. The SMILES string of the molecule is C#CCOc1ccc(CCNC(=NC)NCc2coc(-c3ccc(C)cc3)n2)cc1. The number of aromatic nitrogens is 1. The van der Waals surface area contributed by atoms with Crippen LogP contribution < -0.4 is 15.4 Å². The highest BCUT2D eigenvalue weighted by molar-refractivity contribution is 5.79. The summed E-state index contributed by atoms with van der Waals surface area (Å²) >= 11 is 0. The first-order valence-electron chi connectivity index (χ1n) is 9.79. The third-order valence-electron chi connectivity index (χ3n) is 4.46. The molecule has 6 nitrogen and oxygen atoms in total. The predicted molar refractivity (Wildman–Crippen MR) is 119 cm³/mol. The average Bonchev–Trinajstić information content (AvgIpc) is 3.25. The van der Waals surface area contributed by atoms with E-state index in [0.29, 0.717) is 18.4 Å². The van der Waals surface area contributed by atoms with Crippen LogP contribution >= 0.6 is 0 Å². The Balaban J connectivity index is 1.44. The fraction of sp³-hybridized carbons (Fsp3) is 0.250. The van der Waals surface area contributed by atoms with Crippen molar-refractivity contribution < 1.29 is 9.15 Å². The van der Waals surface area contributed by atoms with Crippen molar-refractivity contribution in [1.82, 2.24) is 15.6 Å². The first kappa shape index (κ1) is 21.0. The summed E-state index contributed by atoms with van der Waals surface area (Å²) in [5.41, 5.74) is 4.18. The fourth-order valence-corrected chi connectivity index (χ4v) is 2.81. The van der Waals surface area contributed by atoms with E-state index in [9.17, 15) is 0 Å². The molecule has 0 unspecified atom stereocenters. The molecule has 3 aromatic rings. The van der Waals surface area contributed by atoms with Crippen molar-refractivity contribution in [2.45, 2.75) is 19.9 Å². The molecule has 0 atom stereocenters. The number of rotatable bonds is 8. The molecule has 0 bridgehead atoms. The van der Waals surface area contributed by atoms with E-state index in [-0.39, 0.29) is 6.61 Å². The van der Waals surface area contributed by atoms with E-state index in [1.165, 1.54) is 11.1 Å². The smallest absolute Gasteiger partial charge is 0.226 e. The molecule has 0 saturated carbocycles. The number of hydrogen-bond donors (Lipinski definition) is 2. The molecule has 2 aromatic carbocycles. The van der Waals surface area contributed by atoms with Crippen molar-refractivity contribution in [3.8, 4) is 29.5 Å². The number of aryl methyl sites for hydroxylation is 1. The van der Waals surface area contributed by atoms with Gasteiger partial charge in [-0.2, -0.15) is 0 Å². The van der Waals surface area contributed by atoms with Crippen LogP contribution in [0.1, 0.15) is 16.8 Å². The van der Waals surface area contributed by atoms with Crippen LogP contribution in [-0.2, 0) is 13.0 Å². The summed E-state index contributed by atoms with van der Waals surface area (Å²) in [5, 5.41) is 6.56. The normalized spacial score (nSPS) is 11.0. The predicted octanol–water partition coefficient (Wildman–Crippen LogP) is 3.57. The van der Waals surface area contributed by atoms with Gasteiger partial charge in [-0.25, -0.2) is 4.98 Å². The Labute approximate surface area is 177 Å². The van der Waals surface area contributed by atoms with Crippen LogP contribution in [-0.4, -0.2) is 31.1 Å². The van der Waals surface area contributed by atoms with E-state index >= 15 is 0 Å². The van der Waals surface area contributed by atoms with Crippen molar-refractivity contribution in [2.75, 3.05) is 20.2 Å². The van der Waals surface area contributed by atoms with E-state index in [4.69, 9.17) is 15.6 Å². The van der Waals surface area contributed by atoms with E-state index < -0.39 is 0 Å². The Morgan fingerprint density at radius 3 is 2.60 bits per heavy atom. The summed E-state index contributed by atoms with van der Waals surface area (Å²) < 4.78 is 11.0. The Morgan fingerprint density at radius 1 is 1.13 bits per heavy atom. The molecule has 0 saturated heterocycles. The number of nitrogens with one attached hydrogen (secondary N) is 2. The highest BCUT2D eigenvalue weighted by atomic mass is 16.5. The Bertz CT molecular complexity index is 999. The summed E-state index contributed by atoms with van der Waals surface area (Å²) in [7, 11) is 1.74. The van der Waals surface area contributed by atoms with Crippen LogP contribution in [0.2, 0.25) is 0 Å². The number of oxazole rings is 1. The molecule has 0 spiro atoms. The third kappa shape index (κ3) is 6.14. The second-order valence-electron chi connectivity index (χ2n) is 6.75. The van der Waals surface area contributed by atoms with Crippen molar-refractivity contribution >= 4 is 5.96 Å². The van der Waals surface area contributed by atoms with Crippen LogP contribution in [0, 0.1) is 19.3 Å². The third-order valence-corrected chi connectivity index (χ3v) is 4.46. The molecule has 0 fully saturated rings. The summed E-state index contributed by atoms with van der Waals surface area (Å²) in [5.74, 6) is 4.56. The zero-order chi connectivity index (χ0) is 21.2. The number of hydrogen-bond acceptors (Lipinski definition) is 4. The lowest BCUT2D eigenvalue weighted by molar-refractivity contribution is 0.370. The fourth-order valence-electron chi connectivity index (χ4n) is 2.81. The molecule has 1 heterocycles. The molecule has 0 aliphatic carbocycles. The van der Waals surface area contributed by atoms with Crippen LogP contribution in [0.15, 0.2) is 64.2 Å². The number of guanidine groups is 1. The molecule has 3 rings (SSSR count). The van der Waals surface area contributed by atoms with Gasteiger partial charge in [0.25, 0.3) is 0 Å². The van der Waals surface area contributed by atoms with Gasteiger partial charge in [-0.1, -0.05) is 35.7 Å². The maximum atomic E-state index is 5.60. The van der Waals surface area contributed by atoms with Gasteiger partial charge < -0.3 is 19.8 Å². The van der Waals surface area contributed by atoms with Crippen molar-refractivity contribution in [3.63, 3.8) is 0 Å². The van der Waals surface area contributed by atoms with Gasteiger partial charge in [0.05, 0.1) is 12.2 Å². The highest BCUT2D eigenvalue weighted by Crippen LogP contribution is 2.19. The standard InChI is InChI=1S/C24H26N4O2/c1-4-15-29-22-11-7-19(8-12-22)13-14-26-24(25-3)27-16-21-17-30-23(28-21)20-9-5-18(2)6-10-20/h1,5-12,17H,13-16H2,2-3H3,(H2,25,26,27). The van der Waals surface area contributed by atoms with E-state index in [1.807, 2.05) is 48.5 Å². The molecule has 30 heavy (non-hydrogen) atoms. The summed E-state index contributed by atoms with van der Waals surface area (Å²) in [4.78, 5) is 8.79. The number of ether oxygens (including phenoxy) is 1. The Morgan fingerprint density at radius 2 is 1.90 bits per heavy atom. The minimum atomic E-state index is 0.279. The highest BCUT2D eigenvalue weighted by Gasteiger charge is 2.07. The number of terminal acetylenes is 1. The molecule has 0 amide bonds. The lowest BCUT2D eigenvalue weighted by Crippen LogP contribution is -2.37. The van der Waals surface area contributed by atoms with Gasteiger partial charge in [-0.05, 0) is 43.2 Å². The van der Waals surface area contributed by atoms with Gasteiger partial charge in [0.1, 0.15) is 18.6 Å². The molecule has 0 aliphatic rings. The molecule has 0 radical (unpaired) electrons. The van der Waals surface area contributed by atoms with Crippen LogP contribution in [0.3, 0.4) is 0 Å². The largest absolute Gasteiger partial charge is 0.481 e. The molecule has 0 aliphatic heterocycles.